The van der Waals surface area contributed by atoms with E-state index in [0.717, 1.165) is 100 Å². The van der Waals surface area contributed by atoms with E-state index in [4.69, 9.17) is 42.6 Å². The van der Waals surface area contributed by atoms with Crippen LogP contribution in [0.1, 0.15) is 181 Å². The Bertz CT molecular complexity index is 2590. The lowest BCUT2D eigenvalue weighted by molar-refractivity contribution is -0.597. The van der Waals surface area contributed by atoms with Gasteiger partial charge in [-0.1, -0.05) is 181 Å². The number of unbranched alkanes of at least 4 members (excludes halogenated alkanes) is 20. The smallest absolute Gasteiger partial charge is 0.407 e. The van der Waals surface area contributed by atoms with Crippen LogP contribution in [0, 0.1) is 18.0 Å². The molecule has 1 unspecified atom stereocenters. The molecule has 0 spiro atoms. The van der Waals surface area contributed by atoms with Crippen molar-refractivity contribution in [2.45, 2.75) is 187 Å². The van der Waals surface area contributed by atoms with Crippen LogP contribution in [0.5, 0.6) is 5.75 Å². The molecule has 5 amide bonds. The predicted molar refractivity (Wildman–Crippen MR) is 371 cm³/mol. The van der Waals surface area contributed by atoms with E-state index in [-0.39, 0.29) is 40.8 Å². The average molecular weight is 1480 g/mol. The van der Waals surface area contributed by atoms with Crippen LogP contribution in [0.2, 0.25) is 0 Å². The molecule has 0 aliphatic carbocycles. The first kappa shape index (κ1) is 86.5. The lowest BCUT2D eigenvalue weighted by Crippen LogP contribution is -3.61. The molecule has 0 radical (unpaired) electrons. The molecule has 2 aromatic carbocycles. The molecule has 0 saturated heterocycles. The number of rotatable bonds is 59. The fourth-order valence-corrected chi connectivity index (χ4v) is 12.0. The SMILES string of the molecule is C=CC(=O)OCC(COCC(COC(=O)C=C)(COC(=O)C=C)COC(=O)CCCCCCCNC(=O)N(CCCCCCNC(=O)OC(CCCCCCCCCCCC)COc1ccc([I+]c2ccccc2)cc1)C(=O)NCCCCCCC)(COC(=O)C=C)COC(=O)C=C. The minimum absolute atomic E-state index is 0.0111. The van der Waals surface area contributed by atoms with Crippen LogP contribution in [0.25, 0.3) is 0 Å². The summed E-state index contributed by atoms with van der Waals surface area (Å²) in [5.74, 6) is -4.15. The minimum atomic E-state index is -1.56. The third-order valence-corrected chi connectivity index (χ3v) is 18.3. The van der Waals surface area contributed by atoms with E-state index in [1.807, 2.05) is 18.2 Å². The highest BCUT2D eigenvalue weighted by Gasteiger charge is 2.41. The van der Waals surface area contributed by atoms with Crippen LogP contribution < -0.4 is 41.9 Å². The van der Waals surface area contributed by atoms with Gasteiger partial charge in [0.05, 0.1) is 24.0 Å². The summed E-state index contributed by atoms with van der Waals surface area (Å²) in [4.78, 5) is 116. The number of halogens is 1. The summed E-state index contributed by atoms with van der Waals surface area (Å²) >= 11 is -0.296. The zero-order valence-electron chi connectivity index (χ0n) is 58.4. The lowest BCUT2D eigenvalue weighted by atomic mass is 9.90. The Labute approximate surface area is 592 Å². The van der Waals surface area contributed by atoms with Crippen LogP contribution in [-0.4, -0.2) is 151 Å². The molecule has 0 aliphatic heterocycles. The predicted octanol–water partition coefficient (Wildman–Crippen LogP) is 10.4. The highest BCUT2D eigenvalue weighted by Crippen LogP contribution is 2.27. The van der Waals surface area contributed by atoms with Crippen LogP contribution in [-0.2, 0) is 66.7 Å². The molecule has 0 saturated carbocycles. The highest BCUT2D eigenvalue weighted by atomic mass is 127. The van der Waals surface area contributed by atoms with Gasteiger partial charge in [0.2, 0.25) is 0 Å². The number of nitrogens with zero attached hydrogens (tertiary/aromatic N) is 1. The van der Waals surface area contributed by atoms with E-state index in [0.29, 0.717) is 71.0 Å². The van der Waals surface area contributed by atoms with Crippen LogP contribution in [0.3, 0.4) is 0 Å². The van der Waals surface area contributed by atoms with Crippen molar-refractivity contribution in [3.05, 3.63) is 125 Å². The number of benzene rings is 2. The zero-order chi connectivity index (χ0) is 71.8. The number of carbonyl (C=O) groups is 9. The number of urea groups is 2. The molecule has 98 heavy (non-hydrogen) atoms. The van der Waals surface area contributed by atoms with E-state index in [2.05, 4.69) is 99.1 Å². The topological polar surface area (TPSA) is 276 Å². The highest BCUT2D eigenvalue weighted by molar-refractivity contribution is 5.93. The van der Waals surface area contributed by atoms with Gasteiger partial charge in [0.25, 0.3) is 0 Å². The molecular weight excluding hydrogens is 1370 g/mol. The fourth-order valence-electron chi connectivity index (χ4n) is 9.79. The first-order valence-corrected chi connectivity index (χ1v) is 37.0. The summed E-state index contributed by atoms with van der Waals surface area (Å²) in [5.41, 5.74) is -3.12. The fraction of sp³-hybridized carbons (Fsp3) is 0.587. The molecule has 2 aromatic rings. The maximum Gasteiger partial charge on any atom is 0.407 e. The van der Waals surface area contributed by atoms with Gasteiger partial charge in [-0.25, -0.2) is 43.3 Å². The first-order chi connectivity index (χ1) is 47.5. The van der Waals surface area contributed by atoms with Gasteiger partial charge in [0, 0.05) is 63.0 Å². The number of imide groups is 1. The third kappa shape index (κ3) is 42.3. The van der Waals surface area contributed by atoms with Crippen LogP contribution in [0.15, 0.2) is 118 Å². The monoisotopic (exact) mass is 1480 g/mol. The number of hydrogen-bond acceptors (Lipinski definition) is 18. The van der Waals surface area contributed by atoms with Gasteiger partial charge >= 0.3 is 75.2 Å². The quantitative estimate of drug-likeness (QED) is 0.0182. The van der Waals surface area contributed by atoms with Crippen molar-refractivity contribution in [3.8, 4) is 5.75 Å². The Kier molecular flexibility index (Phi) is 48.9. The van der Waals surface area contributed by atoms with Crippen molar-refractivity contribution in [1.82, 2.24) is 20.9 Å². The Morgan fingerprint density at radius 3 is 1.26 bits per heavy atom. The Morgan fingerprint density at radius 1 is 0.439 bits per heavy atom. The van der Waals surface area contributed by atoms with Gasteiger partial charge in [0.15, 0.2) is 7.14 Å². The normalized spacial score (nSPS) is 11.3. The van der Waals surface area contributed by atoms with E-state index >= 15 is 0 Å². The summed E-state index contributed by atoms with van der Waals surface area (Å²) in [6, 6.07) is 17.7. The molecule has 3 N–H and O–H groups in total. The molecule has 0 bridgehead atoms. The molecule has 0 fully saturated rings. The van der Waals surface area contributed by atoms with Crippen molar-refractivity contribution < 1.29 is 107 Å². The molecule has 546 valence electrons. The number of hydrogen-bond donors (Lipinski definition) is 3. The van der Waals surface area contributed by atoms with Gasteiger partial charge in [-0.05, 0) is 81.3 Å². The maximum atomic E-state index is 13.6. The minimum Gasteiger partial charge on any atom is -0.490 e. The third-order valence-electron chi connectivity index (χ3n) is 15.6. The molecule has 1 atom stereocenters. The second kappa shape index (κ2) is 55.4. The summed E-state index contributed by atoms with van der Waals surface area (Å²) in [5, 5.41) is 8.75. The number of carbonyl (C=O) groups excluding carboxylic acids is 9. The van der Waals surface area contributed by atoms with Gasteiger partial charge in [0.1, 0.15) is 58.1 Å². The molecule has 0 aromatic heterocycles. The number of alkyl carbamates (subject to hydrolysis) is 1. The summed E-state index contributed by atoms with van der Waals surface area (Å²) in [6.07, 6.45) is 27.3. The number of amides is 5. The van der Waals surface area contributed by atoms with Gasteiger partial charge < -0.3 is 58.6 Å². The average Bonchev–Trinajstić information content (AvgIpc) is 0.852. The summed E-state index contributed by atoms with van der Waals surface area (Å²) < 4.78 is 53.2. The van der Waals surface area contributed by atoms with Gasteiger partial charge in [-0.3, -0.25) is 4.79 Å². The summed E-state index contributed by atoms with van der Waals surface area (Å²) in [6.45, 7) is 19.0. The molecule has 23 heteroatoms. The van der Waals surface area contributed by atoms with Gasteiger partial charge in [-0.15, -0.1) is 0 Å². The maximum absolute atomic E-state index is 13.6. The molecular formula is C75H112IN4O18+. The van der Waals surface area contributed by atoms with Crippen molar-refractivity contribution in [1.29, 1.82) is 0 Å². The van der Waals surface area contributed by atoms with Crippen molar-refractivity contribution in [2.75, 3.05) is 85.6 Å². The largest absolute Gasteiger partial charge is 0.490 e. The number of nitrogens with one attached hydrogen (secondary N) is 3. The Hall–Kier alpha value is -7.54. The molecule has 2 rings (SSSR count). The lowest BCUT2D eigenvalue weighted by Gasteiger charge is -2.35. The second-order valence-corrected chi connectivity index (χ2v) is 27.3. The summed E-state index contributed by atoms with van der Waals surface area (Å²) in [7, 11) is 0. The van der Waals surface area contributed by atoms with E-state index in [9.17, 15) is 43.2 Å². The molecule has 0 heterocycles. The Morgan fingerprint density at radius 2 is 0.816 bits per heavy atom. The van der Waals surface area contributed by atoms with Crippen molar-refractivity contribution in [3.63, 3.8) is 0 Å². The number of ether oxygens (including phenoxy) is 9. The Balaban J connectivity index is 1.97. The van der Waals surface area contributed by atoms with Crippen LogP contribution in [0.4, 0.5) is 14.4 Å². The van der Waals surface area contributed by atoms with Gasteiger partial charge in [-0.2, -0.15) is 0 Å². The number of esters is 6. The molecule has 0 aliphatic rings. The molecule has 22 nitrogen and oxygen atoms in total. The standard InChI is InChI=1S/C75H111IN4O18/c1-8-15-17-19-20-21-22-23-25-34-42-64(52-91-63-46-44-62(45-47-63)76-61-40-32-31-33-41-61)98-73(89)79-50-38-29-30-39-51-80(71(87)77-48-36-27-18-16-9-2)72(88)78-49-37-28-24-26-35-43-70(86)97-60-75(58-95-68(84)13-6,59-96-69(85)14-7)54-90-53-74(55-92-65(81)10-3,56-93-66(82)11-4)57-94-67(83)12-5/h10-14,31-33,40-41,44-47,64H,3-9,15-30,34-39,42-43,48-60H2,1-2H3,(H2-,77,78,79,87,88,89)/p+1. The first-order valence-electron chi connectivity index (χ1n) is 34.9. The second-order valence-electron chi connectivity index (χ2n) is 24.3. The van der Waals surface area contributed by atoms with Crippen molar-refractivity contribution >= 4 is 54.0 Å². The van der Waals surface area contributed by atoms with E-state index in [1.54, 1.807) is 0 Å². The van der Waals surface area contributed by atoms with Crippen molar-refractivity contribution in [2.24, 2.45) is 10.8 Å². The van der Waals surface area contributed by atoms with E-state index in [1.165, 1.54) is 57.0 Å². The van der Waals surface area contributed by atoms with Crippen LogP contribution >= 0.6 is 0 Å². The zero-order valence-corrected chi connectivity index (χ0v) is 60.6. The van der Waals surface area contributed by atoms with E-state index < -0.39 is 124 Å².